The number of hydrogen-bond donors (Lipinski definition) is 2. The molecule has 150 valence electrons. The standard InChI is InChI=1S/C21H32N4O.HI/c1-3-16-8-4-7-11-18(16)14-23-21(22-2)24-19-12-13-25(15-19)20(26)17-9-5-6-10-17;/h4,7-8,11,17,19H,3,5-6,9-10,12-15H2,1-2H3,(H2,22,23,24);1H. The zero-order chi connectivity index (χ0) is 18.4. The van der Waals surface area contributed by atoms with Crippen molar-refractivity contribution in [1.82, 2.24) is 15.5 Å². The number of halogens is 1. The SMILES string of the molecule is CCc1ccccc1CNC(=NC)NC1CCN(C(=O)C2CCCC2)C1.I. The lowest BCUT2D eigenvalue weighted by molar-refractivity contribution is -0.134. The molecule has 1 unspecified atom stereocenters. The third-order valence-electron chi connectivity index (χ3n) is 5.71. The first-order valence-corrected chi connectivity index (χ1v) is 10.0. The Hall–Kier alpha value is -1.31. The number of hydrogen-bond acceptors (Lipinski definition) is 2. The minimum Gasteiger partial charge on any atom is -0.352 e. The first-order chi connectivity index (χ1) is 12.7. The summed E-state index contributed by atoms with van der Waals surface area (Å²) in [5, 5.41) is 6.92. The van der Waals surface area contributed by atoms with E-state index in [0.717, 1.165) is 51.3 Å². The summed E-state index contributed by atoms with van der Waals surface area (Å²) >= 11 is 0. The Balaban J connectivity index is 0.00000261. The van der Waals surface area contributed by atoms with Crippen LogP contribution < -0.4 is 10.6 Å². The van der Waals surface area contributed by atoms with Crippen LogP contribution in [0.3, 0.4) is 0 Å². The van der Waals surface area contributed by atoms with Crippen LogP contribution in [0.4, 0.5) is 0 Å². The lowest BCUT2D eigenvalue weighted by Gasteiger charge is -2.21. The van der Waals surface area contributed by atoms with Crippen molar-refractivity contribution in [3.63, 3.8) is 0 Å². The van der Waals surface area contributed by atoms with Gasteiger partial charge in [-0.1, -0.05) is 44.0 Å². The predicted molar refractivity (Wildman–Crippen MR) is 122 cm³/mol. The molecule has 6 heteroatoms. The van der Waals surface area contributed by atoms with Crippen LogP contribution in [-0.2, 0) is 17.8 Å². The number of nitrogens with one attached hydrogen (secondary N) is 2. The molecule has 3 rings (SSSR count). The molecule has 1 aromatic carbocycles. The zero-order valence-corrected chi connectivity index (χ0v) is 18.9. The van der Waals surface area contributed by atoms with Crippen LogP contribution in [0, 0.1) is 5.92 Å². The number of rotatable bonds is 5. The van der Waals surface area contributed by atoms with E-state index < -0.39 is 0 Å². The number of guanidine groups is 1. The number of nitrogens with zero attached hydrogens (tertiary/aromatic N) is 2. The molecule has 1 amide bonds. The number of benzene rings is 1. The Bertz CT molecular complexity index is 643. The van der Waals surface area contributed by atoms with Crippen molar-refractivity contribution in [3.8, 4) is 0 Å². The van der Waals surface area contributed by atoms with Crippen LogP contribution in [-0.4, -0.2) is 42.9 Å². The smallest absolute Gasteiger partial charge is 0.225 e. The van der Waals surface area contributed by atoms with E-state index in [2.05, 4.69) is 46.8 Å². The number of amides is 1. The van der Waals surface area contributed by atoms with Gasteiger partial charge in [0.2, 0.25) is 5.91 Å². The Morgan fingerprint density at radius 2 is 1.89 bits per heavy atom. The van der Waals surface area contributed by atoms with Gasteiger partial charge in [-0.25, -0.2) is 0 Å². The molecule has 0 radical (unpaired) electrons. The lowest BCUT2D eigenvalue weighted by atomic mass is 10.1. The van der Waals surface area contributed by atoms with E-state index in [0.29, 0.717) is 5.91 Å². The van der Waals surface area contributed by atoms with Crippen molar-refractivity contribution in [2.45, 2.75) is 58.0 Å². The van der Waals surface area contributed by atoms with Gasteiger partial charge in [0.1, 0.15) is 0 Å². The molecule has 1 saturated heterocycles. The summed E-state index contributed by atoms with van der Waals surface area (Å²) in [6.07, 6.45) is 6.60. The molecule has 0 aromatic heterocycles. The molecule has 1 aliphatic heterocycles. The highest BCUT2D eigenvalue weighted by Gasteiger charge is 2.32. The van der Waals surface area contributed by atoms with Crippen LogP contribution in [0.25, 0.3) is 0 Å². The normalized spacial score (nSPS) is 20.4. The van der Waals surface area contributed by atoms with E-state index in [1.54, 1.807) is 7.05 Å². The third kappa shape index (κ3) is 5.83. The van der Waals surface area contributed by atoms with Gasteiger partial charge in [0.15, 0.2) is 5.96 Å². The summed E-state index contributed by atoms with van der Waals surface area (Å²) in [6.45, 7) is 4.60. The van der Waals surface area contributed by atoms with E-state index >= 15 is 0 Å². The first-order valence-electron chi connectivity index (χ1n) is 10.0. The van der Waals surface area contributed by atoms with Crippen molar-refractivity contribution in [3.05, 3.63) is 35.4 Å². The number of carbonyl (C=O) groups excluding carboxylic acids is 1. The van der Waals surface area contributed by atoms with Gasteiger partial charge in [0.25, 0.3) is 0 Å². The van der Waals surface area contributed by atoms with Crippen molar-refractivity contribution >= 4 is 35.8 Å². The largest absolute Gasteiger partial charge is 0.352 e. The van der Waals surface area contributed by atoms with Crippen molar-refractivity contribution in [2.24, 2.45) is 10.9 Å². The summed E-state index contributed by atoms with van der Waals surface area (Å²) in [7, 11) is 1.80. The van der Waals surface area contributed by atoms with Gasteiger partial charge in [0, 0.05) is 38.6 Å². The maximum atomic E-state index is 12.6. The van der Waals surface area contributed by atoms with E-state index in [1.165, 1.54) is 24.0 Å². The van der Waals surface area contributed by atoms with Gasteiger partial charge in [0.05, 0.1) is 0 Å². The maximum Gasteiger partial charge on any atom is 0.225 e. The van der Waals surface area contributed by atoms with Gasteiger partial charge in [-0.3, -0.25) is 9.79 Å². The summed E-state index contributed by atoms with van der Waals surface area (Å²) in [5.41, 5.74) is 2.67. The topological polar surface area (TPSA) is 56.7 Å². The minimum absolute atomic E-state index is 0. The summed E-state index contributed by atoms with van der Waals surface area (Å²) in [5.74, 6) is 1.46. The Morgan fingerprint density at radius 3 is 2.56 bits per heavy atom. The number of carbonyl (C=O) groups is 1. The molecule has 5 nitrogen and oxygen atoms in total. The van der Waals surface area contributed by atoms with Crippen LogP contribution in [0.1, 0.15) is 50.2 Å². The molecule has 1 saturated carbocycles. The molecule has 1 heterocycles. The Labute approximate surface area is 180 Å². The highest BCUT2D eigenvalue weighted by atomic mass is 127. The molecule has 1 aromatic rings. The Kier molecular flexibility index (Phi) is 8.86. The predicted octanol–water partition coefficient (Wildman–Crippen LogP) is 3.32. The van der Waals surface area contributed by atoms with Crippen LogP contribution in [0.2, 0.25) is 0 Å². The van der Waals surface area contributed by atoms with Gasteiger partial charge in [-0.15, -0.1) is 24.0 Å². The fourth-order valence-corrected chi connectivity index (χ4v) is 4.15. The monoisotopic (exact) mass is 484 g/mol. The van der Waals surface area contributed by atoms with E-state index in [1.807, 2.05) is 4.90 Å². The molecular weight excluding hydrogens is 451 g/mol. The van der Waals surface area contributed by atoms with E-state index in [-0.39, 0.29) is 35.9 Å². The van der Waals surface area contributed by atoms with Crippen LogP contribution >= 0.6 is 24.0 Å². The summed E-state index contributed by atoms with van der Waals surface area (Å²) in [4.78, 5) is 19.0. The molecule has 1 aliphatic carbocycles. The Morgan fingerprint density at radius 1 is 1.19 bits per heavy atom. The van der Waals surface area contributed by atoms with Gasteiger partial charge >= 0.3 is 0 Å². The molecule has 0 spiro atoms. The fourth-order valence-electron chi connectivity index (χ4n) is 4.15. The minimum atomic E-state index is 0. The molecule has 27 heavy (non-hydrogen) atoms. The molecule has 2 aliphatic rings. The second-order valence-corrected chi connectivity index (χ2v) is 7.44. The van der Waals surface area contributed by atoms with Crippen molar-refractivity contribution in [2.75, 3.05) is 20.1 Å². The molecule has 1 atom stereocenters. The quantitative estimate of drug-likeness (QED) is 0.383. The van der Waals surface area contributed by atoms with Gasteiger partial charge in [-0.05, 0) is 36.8 Å². The van der Waals surface area contributed by atoms with Crippen molar-refractivity contribution < 1.29 is 4.79 Å². The molecule has 2 fully saturated rings. The molecular formula is C21H33IN4O. The highest BCUT2D eigenvalue weighted by Crippen LogP contribution is 2.27. The lowest BCUT2D eigenvalue weighted by Crippen LogP contribution is -2.45. The van der Waals surface area contributed by atoms with Crippen molar-refractivity contribution in [1.29, 1.82) is 0 Å². The highest BCUT2D eigenvalue weighted by molar-refractivity contribution is 14.0. The van der Waals surface area contributed by atoms with Gasteiger partial charge in [-0.2, -0.15) is 0 Å². The third-order valence-corrected chi connectivity index (χ3v) is 5.71. The molecule has 0 bridgehead atoms. The average molecular weight is 484 g/mol. The number of aryl methyl sites for hydroxylation is 1. The summed E-state index contributed by atoms with van der Waals surface area (Å²) in [6, 6.07) is 8.79. The van der Waals surface area contributed by atoms with Gasteiger partial charge < -0.3 is 15.5 Å². The van der Waals surface area contributed by atoms with E-state index in [4.69, 9.17) is 0 Å². The fraction of sp³-hybridized carbons (Fsp3) is 0.619. The first kappa shape index (κ1) is 22.0. The number of aliphatic imine (C=N–C) groups is 1. The second-order valence-electron chi connectivity index (χ2n) is 7.44. The number of likely N-dealkylation sites (tertiary alicyclic amines) is 1. The van der Waals surface area contributed by atoms with Crippen LogP contribution in [0.15, 0.2) is 29.3 Å². The second kappa shape index (κ2) is 10.9. The summed E-state index contributed by atoms with van der Waals surface area (Å²) < 4.78 is 0. The van der Waals surface area contributed by atoms with Crippen LogP contribution in [0.5, 0.6) is 0 Å². The van der Waals surface area contributed by atoms with E-state index in [9.17, 15) is 4.79 Å². The maximum absolute atomic E-state index is 12.6. The molecule has 2 N–H and O–H groups in total. The zero-order valence-electron chi connectivity index (χ0n) is 16.5. The average Bonchev–Trinajstić information content (AvgIpc) is 3.37.